The van der Waals surface area contributed by atoms with Crippen LogP contribution in [0, 0.1) is 13.8 Å². The number of rotatable bonds is 2. The smallest absolute Gasteiger partial charge is 0.388 e. The second kappa shape index (κ2) is 4.63. The minimum atomic E-state index is -4.40. The zero-order valence-corrected chi connectivity index (χ0v) is 9.65. The van der Waals surface area contributed by atoms with Gasteiger partial charge < -0.3 is 5.11 Å². The van der Waals surface area contributed by atoms with Gasteiger partial charge in [-0.1, -0.05) is 17.7 Å². The van der Waals surface area contributed by atoms with Gasteiger partial charge in [-0.2, -0.15) is 13.2 Å². The summed E-state index contributed by atoms with van der Waals surface area (Å²) in [5, 5.41) is 9.61. The van der Waals surface area contributed by atoms with Crippen molar-refractivity contribution in [1.82, 2.24) is 0 Å². The number of aliphatic hydroxyl groups is 1. The summed E-state index contributed by atoms with van der Waals surface area (Å²) in [5.41, 5.74) is 1.82. The number of aliphatic hydroxyl groups excluding tert-OH is 1. The molecule has 1 N–H and O–H groups in total. The molecule has 1 aromatic carbocycles. The molecule has 0 fully saturated rings. The van der Waals surface area contributed by atoms with Gasteiger partial charge in [0.25, 0.3) is 0 Å². The highest BCUT2D eigenvalue weighted by Crippen LogP contribution is 2.33. The number of aryl methyl sites for hydroxylation is 2. The summed E-state index contributed by atoms with van der Waals surface area (Å²) in [5.74, 6) is 0. The Bertz CT molecular complexity index is 388. The summed E-state index contributed by atoms with van der Waals surface area (Å²) in [7, 11) is 0. The van der Waals surface area contributed by atoms with Crippen LogP contribution in [0.2, 0.25) is 5.02 Å². The van der Waals surface area contributed by atoms with Crippen LogP contribution in [-0.4, -0.2) is 11.3 Å². The van der Waals surface area contributed by atoms with Crippen LogP contribution in [0.5, 0.6) is 0 Å². The molecule has 0 aliphatic heterocycles. The van der Waals surface area contributed by atoms with Crippen LogP contribution in [0.15, 0.2) is 12.1 Å². The van der Waals surface area contributed by atoms with Gasteiger partial charge in [0.05, 0.1) is 12.5 Å². The largest absolute Gasteiger partial charge is 0.391 e. The topological polar surface area (TPSA) is 20.2 Å². The quantitative estimate of drug-likeness (QED) is 0.845. The molecular formula is C11H12ClF3O. The van der Waals surface area contributed by atoms with Crippen LogP contribution in [-0.2, 0) is 0 Å². The van der Waals surface area contributed by atoms with Crippen molar-refractivity contribution in [3.63, 3.8) is 0 Å². The lowest BCUT2D eigenvalue weighted by atomic mass is 10.0. The fraction of sp³-hybridized carbons (Fsp3) is 0.455. The average molecular weight is 253 g/mol. The van der Waals surface area contributed by atoms with Crippen molar-refractivity contribution in [3.05, 3.63) is 33.8 Å². The Morgan fingerprint density at radius 3 is 2.25 bits per heavy atom. The molecule has 1 nitrogen and oxygen atoms in total. The van der Waals surface area contributed by atoms with Gasteiger partial charge in [-0.25, -0.2) is 0 Å². The maximum atomic E-state index is 12.1. The zero-order valence-electron chi connectivity index (χ0n) is 8.90. The van der Waals surface area contributed by atoms with Gasteiger partial charge in [-0.3, -0.25) is 0 Å². The molecule has 0 spiro atoms. The van der Waals surface area contributed by atoms with E-state index in [1.807, 2.05) is 0 Å². The molecule has 0 amide bonds. The second-order valence-electron chi connectivity index (χ2n) is 3.79. The summed E-state index contributed by atoms with van der Waals surface area (Å²) in [6, 6.07) is 3.06. The number of hydrogen-bond donors (Lipinski definition) is 1. The third-order valence-corrected chi connectivity index (χ3v) is 2.72. The highest BCUT2D eigenvalue weighted by molar-refractivity contribution is 6.31. The first-order valence-electron chi connectivity index (χ1n) is 4.72. The van der Waals surface area contributed by atoms with Gasteiger partial charge in [0, 0.05) is 5.02 Å². The molecule has 16 heavy (non-hydrogen) atoms. The lowest BCUT2D eigenvalue weighted by Gasteiger charge is -2.16. The van der Waals surface area contributed by atoms with E-state index < -0.39 is 18.7 Å². The van der Waals surface area contributed by atoms with Gasteiger partial charge in [0.1, 0.15) is 0 Å². The molecule has 1 atom stereocenters. The van der Waals surface area contributed by atoms with E-state index in [1.165, 1.54) is 6.07 Å². The number of hydrogen-bond acceptors (Lipinski definition) is 1. The Hall–Kier alpha value is -0.740. The van der Waals surface area contributed by atoms with Crippen molar-refractivity contribution in [3.8, 4) is 0 Å². The molecule has 0 heterocycles. The third-order valence-electron chi connectivity index (χ3n) is 2.40. The zero-order chi connectivity index (χ0) is 12.5. The first-order chi connectivity index (χ1) is 7.20. The molecule has 0 aliphatic carbocycles. The van der Waals surface area contributed by atoms with Crippen molar-refractivity contribution in [2.45, 2.75) is 32.5 Å². The Morgan fingerprint density at radius 1 is 1.25 bits per heavy atom. The van der Waals surface area contributed by atoms with Crippen molar-refractivity contribution < 1.29 is 18.3 Å². The summed E-state index contributed by atoms with van der Waals surface area (Å²) in [4.78, 5) is 0. The standard InChI is InChI=1S/C11H12ClF3O/c1-6-3-8(9(12)4-7(6)2)10(16)5-11(13,14)15/h3-4,10,16H,5H2,1-2H3. The Labute approximate surface area is 96.9 Å². The minimum absolute atomic E-state index is 0.127. The molecule has 1 rings (SSSR count). The molecule has 90 valence electrons. The average Bonchev–Trinajstić information content (AvgIpc) is 2.08. The summed E-state index contributed by atoms with van der Waals surface area (Å²) in [6.45, 7) is 3.57. The van der Waals surface area contributed by atoms with Crippen LogP contribution in [0.4, 0.5) is 13.2 Å². The first kappa shape index (κ1) is 13.3. The molecule has 0 aromatic heterocycles. The van der Waals surface area contributed by atoms with Gasteiger partial charge in [0.15, 0.2) is 0 Å². The Morgan fingerprint density at radius 2 is 1.75 bits per heavy atom. The molecule has 1 aromatic rings. The second-order valence-corrected chi connectivity index (χ2v) is 4.20. The maximum Gasteiger partial charge on any atom is 0.391 e. The van der Waals surface area contributed by atoms with Crippen LogP contribution in [0.3, 0.4) is 0 Å². The van der Waals surface area contributed by atoms with E-state index in [1.54, 1.807) is 19.9 Å². The van der Waals surface area contributed by atoms with E-state index in [-0.39, 0.29) is 10.6 Å². The van der Waals surface area contributed by atoms with Crippen LogP contribution >= 0.6 is 11.6 Å². The molecule has 0 saturated carbocycles. The van der Waals surface area contributed by atoms with E-state index in [9.17, 15) is 18.3 Å². The monoisotopic (exact) mass is 252 g/mol. The van der Waals surface area contributed by atoms with Gasteiger partial charge in [-0.05, 0) is 36.6 Å². The molecule has 0 saturated heterocycles. The number of benzene rings is 1. The Balaban J connectivity index is 3.00. The molecule has 5 heteroatoms. The molecule has 0 aliphatic rings. The van der Waals surface area contributed by atoms with Crippen molar-refractivity contribution in [1.29, 1.82) is 0 Å². The summed E-state index contributed by atoms with van der Waals surface area (Å²) >= 11 is 5.80. The van der Waals surface area contributed by atoms with Crippen molar-refractivity contribution in [2.75, 3.05) is 0 Å². The normalized spacial score (nSPS) is 13.9. The lowest BCUT2D eigenvalue weighted by molar-refractivity contribution is -0.154. The fourth-order valence-electron chi connectivity index (χ4n) is 1.39. The van der Waals surface area contributed by atoms with Crippen molar-refractivity contribution >= 4 is 11.6 Å². The lowest BCUT2D eigenvalue weighted by Crippen LogP contribution is -2.14. The van der Waals surface area contributed by atoms with Crippen LogP contribution in [0.1, 0.15) is 29.2 Å². The first-order valence-corrected chi connectivity index (χ1v) is 5.10. The summed E-state index contributed by atoms with van der Waals surface area (Å²) in [6.07, 6.45) is -7.29. The minimum Gasteiger partial charge on any atom is -0.388 e. The van der Waals surface area contributed by atoms with E-state index in [2.05, 4.69) is 0 Å². The Kier molecular flexibility index (Phi) is 3.86. The molecule has 1 unspecified atom stereocenters. The van der Waals surface area contributed by atoms with E-state index >= 15 is 0 Å². The highest BCUT2D eigenvalue weighted by atomic mass is 35.5. The van der Waals surface area contributed by atoms with Crippen LogP contribution in [0.25, 0.3) is 0 Å². The molecule has 0 radical (unpaired) electrons. The SMILES string of the molecule is Cc1cc(Cl)c(C(O)CC(F)(F)F)cc1C. The van der Waals surface area contributed by atoms with E-state index in [4.69, 9.17) is 11.6 Å². The maximum absolute atomic E-state index is 12.1. The van der Waals surface area contributed by atoms with Gasteiger partial charge >= 0.3 is 6.18 Å². The fourth-order valence-corrected chi connectivity index (χ4v) is 1.73. The van der Waals surface area contributed by atoms with Crippen molar-refractivity contribution in [2.24, 2.45) is 0 Å². The molecule has 0 bridgehead atoms. The van der Waals surface area contributed by atoms with E-state index in [0.29, 0.717) is 0 Å². The molecular weight excluding hydrogens is 241 g/mol. The highest BCUT2D eigenvalue weighted by Gasteiger charge is 2.32. The van der Waals surface area contributed by atoms with E-state index in [0.717, 1.165) is 11.1 Å². The summed E-state index contributed by atoms with van der Waals surface area (Å²) < 4.78 is 36.3. The van der Waals surface area contributed by atoms with Gasteiger partial charge in [-0.15, -0.1) is 0 Å². The predicted molar refractivity (Wildman–Crippen MR) is 56.6 cm³/mol. The predicted octanol–water partition coefficient (Wildman–Crippen LogP) is 3.94. The number of halogens is 4. The number of alkyl halides is 3. The third kappa shape index (κ3) is 3.39. The van der Waals surface area contributed by atoms with Crippen LogP contribution < -0.4 is 0 Å². The van der Waals surface area contributed by atoms with Gasteiger partial charge in [0.2, 0.25) is 0 Å².